The van der Waals surface area contributed by atoms with Crippen LogP contribution in [0.5, 0.6) is 11.5 Å². The van der Waals surface area contributed by atoms with Crippen molar-refractivity contribution in [2.24, 2.45) is 5.92 Å². The Balaban J connectivity index is 1.87. The second kappa shape index (κ2) is 9.52. The lowest BCUT2D eigenvalue weighted by molar-refractivity contribution is -0.123. The number of nitrogens with one attached hydrogen (secondary N) is 2. The van der Waals surface area contributed by atoms with Gasteiger partial charge in [0, 0.05) is 19.1 Å². The summed E-state index contributed by atoms with van der Waals surface area (Å²) in [6.07, 6.45) is 5.14. The number of amides is 1. The zero-order valence-corrected chi connectivity index (χ0v) is 15.1. The van der Waals surface area contributed by atoms with Crippen LogP contribution >= 0.6 is 0 Å². The second-order valence-electron chi connectivity index (χ2n) is 6.57. The minimum atomic E-state index is -0.128. The number of carbonyl (C=O) groups excluding carboxylic acids is 1. The van der Waals surface area contributed by atoms with Crippen molar-refractivity contribution < 1.29 is 14.3 Å². The molecule has 5 nitrogen and oxygen atoms in total. The third kappa shape index (κ3) is 5.71. The molecule has 0 unspecified atom stereocenters. The first-order chi connectivity index (χ1) is 11.6. The van der Waals surface area contributed by atoms with E-state index in [1.165, 1.54) is 25.7 Å². The molecule has 1 aromatic rings. The lowest BCUT2D eigenvalue weighted by Crippen LogP contribution is -2.32. The molecule has 0 bridgehead atoms. The molecule has 1 fully saturated rings. The molecule has 0 aliphatic heterocycles. The molecule has 1 amide bonds. The van der Waals surface area contributed by atoms with Crippen molar-refractivity contribution in [3.63, 3.8) is 0 Å². The van der Waals surface area contributed by atoms with Crippen LogP contribution in [0, 0.1) is 5.92 Å². The minimum Gasteiger partial charge on any atom is -0.493 e. The highest BCUT2D eigenvalue weighted by molar-refractivity contribution is 5.77. The number of hydrogen-bond donors (Lipinski definition) is 2. The fourth-order valence-corrected chi connectivity index (χ4v) is 3.06. The lowest BCUT2D eigenvalue weighted by Gasteiger charge is -2.27. The normalized spacial score (nSPS) is 20.5. The van der Waals surface area contributed by atoms with Crippen molar-refractivity contribution in [1.29, 1.82) is 0 Å². The van der Waals surface area contributed by atoms with Crippen LogP contribution in [0.2, 0.25) is 0 Å². The Morgan fingerprint density at radius 1 is 1.21 bits per heavy atom. The quantitative estimate of drug-likeness (QED) is 0.767. The Hall–Kier alpha value is -1.75. The third-order valence-electron chi connectivity index (χ3n) is 4.57. The first kappa shape index (κ1) is 18.6. The summed E-state index contributed by atoms with van der Waals surface area (Å²) < 4.78 is 10.9. The van der Waals surface area contributed by atoms with Gasteiger partial charge in [0.2, 0.25) is 0 Å². The van der Waals surface area contributed by atoms with Gasteiger partial charge in [0.15, 0.2) is 18.1 Å². The average Bonchev–Trinajstić information content (AvgIpc) is 2.60. The Kier molecular flexibility index (Phi) is 7.37. The van der Waals surface area contributed by atoms with E-state index >= 15 is 0 Å². The maximum atomic E-state index is 11.5. The van der Waals surface area contributed by atoms with Crippen LogP contribution < -0.4 is 20.1 Å². The molecule has 0 radical (unpaired) electrons. The number of hydrogen-bond acceptors (Lipinski definition) is 4. The van der Waals surface area contributed by atoms with E-state index in [2.05, 4.69) is 17.6 Å². The van der Waals surface area contributed by atoms with Crippen molar-refractivity contribution in [1.82, 2.24) is 10.6 Å². The van der Waals surface area contributed by atoms with Gasteiger partial charge in [0.1, 0.15) is 0 Å². The van der Waals surface area contributed by atoms with Crippen molar-refractivity contribution in [2.75, 3.05) is 20.3 Å². The van der Waals surface area contributed by atoms with E-state index in [9.17, 15) is 4.79 Å². The predicted molar refractivity (Wildman–Crippen MR) is 95.4 cm³/mol. The van der Waals surface area contributed by atoms with Crippen LogP contribution in [0.3, 0.4) is 0 Å². The molecule has 0 aromatic heterocycles. The molecule has 5 heteroatoms. The monoisotopic (exact) mass is 334 g/mol. The molecular weight excluding hydrogens is 304 g/mol. The van der Waals surface area contributed by atoms with Crippen molar-refractivity contribution in [2.45, 2.75) is 52.1 Å². The van der Waals surface area contributed by atoms with Crippen molar-refractivity contribution in [3.05, 3.63) is 23.8 Å². The van der Waals surface area contributed by atoms with Crippen molar-refractivity contribution >= 4 is 5.91 Å². The maximum Gasteiger partial charge on any atom is 0.257 e. The predicted octanol–water partition coefficient (Wildman–Crippen LogP) is 2.88. The molecule has 2 rings (SSSR count). The summed E-state index contributed by atoms with van der Waals surface area (Å²) in [4.78, 5) is 11.5. The highest BCUT2D eigenvalue weighted by Crippen LogP contribution is 2.28. The summed E-state index contributed by atoms with van der Waals surface area (Å²) in [5.41, 5.74) is 1.16. The molecular formula is C19H30N2O3. The summed E-state index contributed by atoms with van der Waals surface area (Å²) in [5.74, 6) is 2.00. The van der Waals surface area contributed by atoms with Crippen LogP contribution in [0.15, 0.2) is 18.2 Å². The largest absolute Gasteiger partial charge is 0.493 e. The highest BCUT2D eigenvalue weighted by Gasteiger charge is 2.17. The molecule has 1 aromatic carbocycles. The summed E-state index contributed by atoms with van der Waals surface area (Å²) in [6.45, 7) is 5.64. The van der Waals surface area contributed by atoms with Crippen LogP contribution in [0.25, 0.3) is 0 Å². The minimum absolute atomic E-state index is 0.00204. The zero-order chi connectivity index (χ0) is 17.4. The average molecular weight is 334 g/mol. The Morgan fingerprint density at radius 3 is 2.62 bits per heavy atom. The van der Waals surface area contributed by atoms with E-state index < -0.39 is 0 Å². The van der Waals surface area contributed by atoms with Gasteiger partial charge in [-0.25, -0.2) is 0 Å². The molecule has 0 atom stereocenters. The molecule has 1 aliphatic carbocycles. The number of rotatable bonds is 8. The van der Waals surface area contributed by atoms with E-state index in [0.29, 0.717) is 24.1 Å². The van der Waals surface area contributed by atoms with Gasteiger partial charge in [-0.05, 0) is 56.2 Å². The molecule has 24 heavy (non-hydrogen) atoms. The van der Waals surface area contributed by atoms with E-state index in [1.54, 1.807) is 7.11 Å². The molecule has 1 aliphatic rings. The Labute approximate surface area is 145 Å². The topological polar surface area (TPSA) is 59.6 Å². The summed E-state index contributed by atoms with van der Waals surface area (Å²) in [7, 11) is 1.62. The van der Waals surface area contributed by atoms with Gasteiger partial charge in [-0.1, -0.05) is 13.0 Å². The molecule has 0 heterocycles. The van der Waals surface area contributed by atoms with Gasteiger partial charge in [-0.15, -0.1) is 0 Å². The first-order valence-electron chi connectivity index (χ1n) is 8.92. The standard InChI is InChI=1S/C19H30N2O3/c1-4-20-19(22)13-24-17-10-7-15(11-18(17)23-3)12-21-16-8-5-14(2)6-9-16/h7,10-11,14,16,21H,4-6,8-9,12-13H2,1-3H3,(H,20,22). The molecule has 2 N–H and O–H groups in total. The van der Waals surface area contributed by atoms with Gasteiger partial charge in [-0.3, -0.25) is 4.79 Å². The van der Waals surface area contributed by atoms with Crippen LogP contribution in [0.1, 0.15) is 45.1 Å². The fourth-order valence-electron chi connectivity index (χ4n) is 3.06. The number of benzene rings is 1. The van der Waals surface area contributed by atoms with Crippen LogP contribution in [0.4, 0.5) is 0 Å². The lowest BCUT2D eigenvalue weighted by atomic mass is 9.87. The van der Waals surface area contributed by atoms with E-state index in [1.807, 2.05) is 25.1 Å². The van der Waals surface area contributed by atoms with E-state index in [0.717, 1.165) is 18.0 Å². The number of carbonyl (C=O) groups is 1. The fraction of sp³-hybridized carbons (Fsp3) is 0.632. The highest BCUT2D eigenvalue weighted by atomic mass is 16.5. The first-order valence-corrected chi connectivity index (χ1v) is 8.92. The number of likely N-dealkylation sites (N-methyl/N-ethyl adjacent to an activating group) is 1. The number of ether oxygens (including phenoxy) is 2. The Bertz CT molecular complexity index is 525. The smallest absolute Gasteiger partial charge is 0.257 e. The van der Waals surface area contributed by atoms with Gasteiger partial charge in [0.25, 0.3) is 5.91 Å². The summed E-state index contributed by atoms with van der Waals surface area (Å²) >= 11 is 0. The summed E-state index contributed by atoms with van der Waals surface area (Å²) in [5, 5.41) is 6.35. The van der Waals surface area contributed by atoms with Gasteiger partial charge < -0.3 is 20.1 Å². The van der Waals surface area contributed by atoms with Crippen LogP contribution in [-0.2, 0) is 11.3 Å². The van der Waals surface area contributed by atoms with E-state index in [-0.39, 0.29) is 12.5 Å². The zero-order valence-electron chi connectivity index (χ0n) is 15.1. The molecule has 1 saturated carbocycles. The molecule has 134 valence electrons. The molecule has 0 spiro atoms. The van der Waals surface area contributed by atoms with Gasteiger partial charge in [0.05, 0.1) is 7.11 Å². The maximum absolute atomic E-state index is 11.5. The van der Waals surface area contributed by atoms with Gasteiger partial charge in [-0.2, -0.15) is 0 Å². The second-order valence-corrected chi connectivity index (χ2v) is 6.57. The number of methoxy groups -OCH3 is 1. The summed E-state index contributed by atoms with van der Waals surface area (Å²) in [6, 6.07) is 6.48. The Morgan fingerprint density at radius 2 is 1.96 bits per heavy atom. The SMILES string of the molecule is CCNC(=O)COc1ccc(CNC2CCC(C)CC2)cc1OC. The van der Waals surface area contributed by atoms with E-state index in [4.69, 9.17) is 9.47 Å². The van der Waals surface area contributed by atoms with Gasteiger partial charge >= 0.3 is 0 Å². The van der Waals surface area contributed by atoms with Crippen LogP contribution in [-0.4, -0.2) is 32.2 Å². The van der Waals surface area contributed by atoms with Crippen molar-refractivity contribution in [3.8, 4) is 11.5 Å². The third-order valence-corrected chi connectivity index (χ3v) is 4.57. The molecule has 0 saturated heterocycles.